The van der Waals surface area contributed by atoms with Crippen molar-refractivity contribution in [2.75, 3.05) is 12.9 Å². The fourth-order valence-corrected chi connectivity index (χ4v) is 3.98. The lowest BCUT2D eigenvalue weighted by molar-refractivity contribution is -0.119. The number of aromatic nitrogens is 2. The number of carbonyl (C=O) groups is 1. The Balaban J connectivity index is 2.08. The van der Waals surface area contributed by atoms with Crippen LogP contribution in [-0.4, -0.2) is 39.0 Å². The number of hydrogen-bond donors (Lipinski definition) is 2. The molecule has 0 aliphatic rings. The molecule has 32 heavy (non-hydrogen) atoms. The normalized spacial score (nSPS) is 11.2. The van der Waals surface area contributed by atoms with E-state index in [-0.39, 0.29) is 40.2 Å². The average molecular weight is 454 g/mol. The fourth-order valence-electron chi connectivity index (χ4n) is 3.19. The van der Waals surface area contributed by atoms with E-state index in [0.717, 1.165) is 17.3 Å². The summed E-state index contributed by atoms with van der Waals surface area (Å²) in [7, 11) is 1.52. The maximum atomic E-state index is 13.6. The molecule has 7 nitrogen and oxygen atoms in total. The molecule has 0 bridgehead atoms. The Bertz CT molecular complexity index is 1150. The smallest absolute Gasteiger partial charge is 0.266 e. The Morgan fingerprint density at radius 2 is 1.78 bits per heavy atom. The molecule has 8 heteroatoms. The monoisotopic (exact) mass is 453 g/mol. The van der Waals surface area contributed by atoms with Crippen LogP contribution in [0.3, 0.4) is 0 Å². The lowest BCUT2D eigenvalue weighted by Gasteiger charge is -2.21. The highest BCUT2D eigenvalue weighted by Crippen LogP contribution is 2.28. The first kappa shape index (κ1) is 23.4. The van der Waals surface area contributed by atoms with E-state index in [2.05, 4.69) is 10.3 Å². The molecule has 0 saturated heterocycles. The van der Waals surface area contributed by atoms with Crippen molar-refractivity contribution >= 4 is 17.7 Å². The van der Waals surface area contributed by atoms with Gasteiger partial charge in [0.2, 0.25) is 11.8 Å². The molecule has 2 aromatic carbocycles. The van der Waals surface area contributed by atoms with Gasteiger partial charge in [0.1, 0.15) is 5.75 Å². The van der Waals surface area contributed by atoms with Gasteiger partial charge in [-0.15, -0.1) is 0 Å². The van der Waals surface area contributed by atoms with E-state index in [9.17, 15) is 14.7 Å². The number of hydrogen-bond acceptors (Lipinski definition) is 6. The molecule has 3 aromatic rings. The molecule has 0 unspecified atom stereocenters. The van der Waals surface area contributed by atoms with Crippen LogP contribution in [0.15, 0.2) is 64.5 Å². The second-order valence-electron chi connectivity index (χ2n) is 8.26. The van der Waals surface area contributed by atoms with Crippen molar-refractivity contribution in [3.8, 4) is 17.3 Å². The molecule has 0 saturated carbocycles. The third-order valence-corrected chi connectivity index (χ3v) is 5.46. The zero-order chi connectivity index (χ0) is 23.3. The number of aromatic hydroxyl groups is 1. The number of nitrogens with zero attached hydrogens (tertiary/aromatic N) is 2. The van der Waals surface area contributed by atoms with Crippen LogP contribution in [0.2, 0.25) is 0 Å². The summed E-state index contributed by atoms with van der Waals surface area (Å²) in [4.78, 5) is 30.2. The minimum Gasteiger partial charge on any atom is -0.495 e. The molecular weight excluding hydrogens is 426 g/mol. The molecule has 0 aliphatic heterocycles. The van der Waals surface area contributed by atoms with Crippen LogP contribution in [-0.2, 0) is 11.2 Å². The molecule has 3 rings (SSSR count). The Kier molecular flexibility index (Phi) is 7.25. The predicted octanol–water partition coefficient (Wildman–Crippen LogP) is 3.54. The van der Waals surface area contributed by atoms with E-state index in [0.29, 0.717) is 11.4 Å². The molecule has 0 fully saturated rings. The van der Waals surface area contributed by atoms with Crippen molar-refractivity contribution in [1.29, 1.82) is 0 Å². The first-order chi connectivity index (χ1) is 15.2. The molecule has 1 amide bonds. The standard InChI is InChI=1S/C24H27N3O4S/c1-24(2,3)26-20(28)15-32-23-25-21(29)17(14-16-10-6-5-7-11-16)22(30)27(23)18-12-8-9-13-19(18)31-4/h5-13,29H,14-15H2,1-4H3,(H,26,28). The van der Waals surface area contributed by atoms with E-state index in [4.69, 9.17) is 4.74 Å². The van der Waals surface area contributed by atoms with E-state index in [1.165, 1.54) is 11.7 Å². The molecule has 0 radical (unpaired) electrons. The summed E-state index contributed by atoms with van der Waals surface area (Å²) < 4.78 is 6.85. The number of methoxy groups -OCH3 is 1. The lowest BCUT2D eigenvalue weighted by Crippen LogP contribution is -2.41. The van der Waals surface area contributed by atoms with E-state index >= 15 is 0 Å². The summed E-state index contributed by atoms with van der Waals surface area (Å²) in [5.41, 5.74) is 0.740. The minimum absolute atomic E-state index is 0.0380. The van der Waals surface area contributed by atoms with Gasteiger partial charge < -0.3 is 15.2 Å². The third kappa shape index (κ3) is 5.70. The number of thioether (sulfide) groups is 1. The summed E-state index contributed by atoms with van der Waals surface area (Å²) >= 11 is 1.08. The fraction of sp³-hybridized carbons (Fsp3) is 0.292. The predicted molar refractivity (Wildman–Crippen MR) is 126 cm³/mol. The van der Waals surface area contributed by atoms with E-state index < -0.39 is 5.56 Å². The van der Waals surface area contributed by atoms with Crippen molar-refractivity contribution in [3.05, 3.63) is 76.1 Å². The average Bonchev–Trinajstić information content (AvgIpc) is 2.74. The van der Waals surface area contributed by atoms with E-state index in [1.54, 1.807) is 24.3 Å². The molecule has 168 valence electrons. The Morgan fingerprint density at radius 3 is 2.44 bits per heavy atom. The Hall–Kier alpha value is -3.26. The van der Waals surface area contributed by atoms with Crippen molar-refractivity contribution < 1.29 is 14.6 Å². The summed E-state index contributed by atoms with van der Waals surface area (Å²) in [6, 6.07) is 16.5. The van der Waals surface area contributed by atoms with Crippen molar-refractivity contribution in [3.63, 3.8) is 0 Å². The molecule has 1 heterocycles. The second-order valence-corrected chi connectivity index (χ2v) is 9.20. The van der Waals surface area contributed by atoms with Gasteiger partial charge in [-0.25, -0.2) is 0 Å². The van der Waals surface area contributed by atoms with Gasteiger partial charge in [-0.05, 0) is 38.5 Å². The Morgan fingerprint density at radius 1 is 1.12 bits per heavy atom. The molecule has 1 aromatic heterocycles. The number of nitrogens with one attached hydrogen (secondary N) is 1. The number of carbonyl (C=O) groups excluding carboxylic acids is 1. The van der Waals surface area contributed by atoms with Gasteiger partial charge in [0, 0.05) is 12.0 Å². The van der Waals surface area contributed by atoms with Crippen LogP contribution in [0.25, 0.3) is 5.69 Å². The highest BCUT2D eigenvalue weighted by molar-refractivity contribution is 7.99. The first-order valence-corrected chi connectivity index (χ1v) is 11.1. The van der Waals surface area contributed by atoms with Crippen LogP contribution < -0.4 is 15.6 Å². The van der Waals surface area contributed by atoms with E-state index in [1.807, 2.05) is 51.1 Å². The number of amides is 1. The van der Waals surface area contributed by atoms with Gasteiger partial charge in [0.05, 0.1) is 24.1 Å². The molecule has 0 spiro atoms. The van der Waals surface area contributed by atoms with Gasteiger partial charge in [0.25, 0.3) is 5.56 Å². The van der Waals surface area contributed by atoms with Crippen LogP contribution in [0, 0.1) is 0 Å². The van der Waals surface area contributed by atoms with Crippen LogP contribution in [0.4, 0.5) is 0 Å². The molecule has 0 atom stereocenters. The van der Waals surface area contributed by atoms with Crippen LogP contribution >= 0.6 is 11.8 Å². The zero-order valence-electron chi connectivity index (χ0n) is 18.6. The zero-order valence-corrected chi connectivity index (χ0v) is 19.4. The molecule has 2 N–H and O–H groups in total. The number of ether oxygens (including phenoxy) is 1. The first-order valence-electron chi connectivity index (χ1n) is 10.2. The maximum Gasteiger partial charge on any atom is 0.266 e. The highest BCUT2D eigenvalue weighted by atomic mass is 32.2. The maximum absolute atomic E-state index is 13.6. The van der Waals surface area contributed by atoms with Gasteiger partial charge in [-0.1, -0.05) is 54.2 Å². The van der Waals surface area contributed by atoms with Crippen LogP contribution in [0.1, 0.15) is 31.9 Å². The third-order valence-electron chi connectivity index (χ3n) is 4.52. The quantitative estimate of drug-likeness (QED) is 0.420. The topological polar surface area (TPSA) is 93.4 Å². The number of para-hydroxylation sites is 2. The van der Waals surface area contributed by atoms with Gasteiger partial charge in [0.15, 0.2) is 5.16 Å². The largest absolute Gasteiger partial charge is 0.495 e. The highest BCUT2D eigenvalue weighted by Gasteiger charge is 2.22. The summed E-state index contributed by atoms with van der Waals surface area (Å²) in [5.74, 6) is -0.0234. The molecular formula is C24H27N3O4S. The minimum atomic E-state index is -0.412. The second kappa shape index (κ2) is 9.91. The summed E-state index contributed by atoms with van der Waals surface area (Å²) in [6.45, 7) is 5.67. The van der Waals surface area contributed by atoms with Crippen molar-refractivity contribution in [1.82, 2.24) is 14.9 Å². The number of benzene rings is 2. The van der Waals surface area contributed by atoms with Crippen molar-refractivity contribution in [2.24, 2.45) is 0 Å². The molecule has 0 aliphatic carbocycles. The van der Waals surface area contributed by atoms with Gasteiger partial charge in [-0.2, -0.15) is 4.98 Å². The van der Waals surface area contributed by atoms with Crippen molar-refractivity contribution in [2.45, 2.75) is 37.9 Å². The Labute approximate surface area is 191 Å². The SMILES string of the molecule is COc1ccccc1-n1c(SCC(=O)NC(C)(C)C)nc(O)c(Cc2ccccc2)c1=O. The summed E-state index contributed by atoms with van der Waals surface area (Å²) in [5, 5.41) is 13.7. The van der Waals surface area contributed by atoms with Gasteiger partial charge >= 0.3 is 0 Å². The van der Waals surface area contributed by atoms with Gasteiger partial charge in [-0.3, -0.25) is 14.2 Å². The van der Waals surface area contributed by atoms with Crippen LogP contribution in [0.5, 0.6) is 11.6 Å². The number of rotatable bonds is 7. The summed E-state index contributed by atoms with van der Waals surface area (Å²) in [6.07, 6.45) is 0.225. The lowest BCUT2D eigenvalue weighted by atomic mass is 10.1.